The van der Waals surface area contributed by atoms with E-state index in [1.54, 1.807) is 6.92 Å². The lowest BCUT2D eigenvalue weighted by molar-refractivity contribution is -0.384. The van der Waals surface area contributed by atoms with Crippen molar-refractivity contribution in [2.45, 2.75) is 12.5 Å². The molecule has 1 unspecified atom stereocenters. The van der Waals surface area contributed by atoms with Crippen molar-refractivity contribution in [3.63, 3.8) is 0 Å². The largest absolute Gasteiger partial charge is 0.387 e. The fraction of sp³-hybridized carbons (Fsp3) is 0.417. The van der Waals surface area contributed by atoms with Gasteiger partial charge in [-0.2, -0.15) is 11.8 Å². The Labute approximate surface area is 129 Å². The predicted molar refractivity (Wildman–Crippen MR) is 82.1 cm³/mol. The Bertz CT molecular complexity index is 522. The first-order valence-electron chi connectivity index (χ1n) is 5.70. The van der Waals surface area contributed by atoms with E-state index in [0.717, 1.165) is 0 Å². The summed E-state index contributed by atoms with van der Waals surface area (Å²) in [4.78, 5) is 22.2. The Hall–Kier alpha value is -1.12. The second kappa shape index (κ2) is 7.05. The Morgan fingerprint density at radius 2 is 2.25 bits per heavy atom. The predicted octanol–water partition coefficient (Wildman–Crippen LogP) is 2.20. The van der Waals surface area contributed by atoms with Crippen molar-refractivity contribution in [2.24, 2.45) is 0 Å². The van der Waals surface area contributed by atoms with E-state index in [1.165, 1.54) is 30.0 Å². The van der Waals surface area contributed by atoms with E-state index in [-0.39, 0.29) is 17.8 Å². The molecule has 1 aromatic carbocycles. The van der Waals surface area contributed by atoms with Gasteiger partial charge in [0.15, 0.2) is 0 Å². The van der Waals surface area contributed by atoms with E-state index in [1.807, 2.05) is 6.26 Å². The molecule has 0 aliphatic rings. The number of carbonyl (C=O) groups is 1. The lowest BCUT2D eigenvalue weighted by Crippen LogP contribution is -2.42. The van der Waals surface area contributed by atoms with Gasteiger partial charge in [-0.25, -0.2) is 0 Å². The molecule has 1 amide bonds. The number of amides is 1. The van der Waals surface area contributed by atoms with Gasteiger partial charge in [-0.05, 0) is 35.2 Å². The third-order valence-electron chi connectivity index (χ3n) is 2.49. The standard InChI is InChI=1S/C12H15BrN2O4S/c1-12(17,7-20-2)6-14-11(16)9-5-8(15(18)19)3-4-10(9)13/h3-5,17H,6-7H2,1-2H3,(H,14,16). The third kappa shape index (κ3) is 4.77. The minimum atomic E-state index is -1.03. The highest BCUT2D eigenvalue weighted by atomic mass is 79.9. The number of nitrogens with one attached hydrogen (secondary N) is 1. The first-order valence-corrected chi connectivity index (χ1v) is 7.89. The second-order valence-electron chi connectivity index (χ2n) is 4.53. The van der Waals surface area contributed by atoms with Gasteiger partial charge >= 0.3 is 0 Å². The molecule has 2 N–H and O–H groups in total. The molecule has 0 saturated carbocycles. The van der Waals surface area contributed by atoms with Gasteiger partial charge in [-0.3, -0.25) is 14.9 Å². The van der Waals surface area contributed by atoms with Gasteiger partial charge in [0.1, 0.15) is 0 Å². The van der Waals surface area contributed by atoms with Crippen molar-refractivity contribution in [2.75, 3.05) is 18.6 Å². The summed E-state index contributed by atoms with van der Waals surface area (Å²) >= 11 is 4.65. The molecular formula is C12H15BrN2O4S. The molecule has 1 aromatic rings. The lowest BCUT2D eigenvalue weighted by Gasteiger charge is -2.22. The summed E-state index contributed by atoms with van der Waals surface area (Å²) in [6.07, 6.45) is 1.85. The zero-order valence-electron chi connectivity index (χ0n) is 11.1. The van der Waals surface area contributed by atoms with Crippen molar-refractivity contribution >= 4 is 39.3 Å². The minimum Gasteiger partial charge on any atom is -0.387 e. The van der Waals surface area contributed by atoms with Gasteiger partial charge in [0.05, 0.1) is 16.1 Å². The highest BCUT2D eigenvalue weighted by molar-refractivity contribution is 9.10. The number of nitro benzene ring substituents is 1. The maximum Gasteiger partial charge on any atom is 0.270 e. The van der Waals surface area contributed by atoms with E-state index >= 15 is 0 Å². The summed E-state index contributed by atoms with van der Waals surface area (Å²) in [6, 6.07) is 3.96. The molecule has 0 heterocycles. The number of nitro groups is 1. The zero-order valence-corrected chi connectivity index (χ0v) is 13.5. The van der Waals surface area contributed by atoms with Gasteiger partial charge in [0.25, 0.3) is 11.6 Å². The van der Waals surface area contributed by atoms with E-state index in [2.05, 4.69) is 21.2 Å². The Balaban J connectivity index is 2.82. The molecule has 6 nitrogen and oxygen atoms in total. The maximum atomic E-state index is 12.0. The molecule has 0 saturated heterocycles. The van der Waals surface area contributed by atoms with Crippen LogP contribution in [0.4, 0.5) is 5.69 Å². The second-order valence-corrected chi connectivity index (χ2v) is 6.25. The average molecular weight is 363 g/mol. The molecule has 8 heteroatoms. The normalized spacial score (nSPS) is 13.6. The Kier molecular flexibility index (Phi) is 5.97. The Morgan fingerprint density at radius 1 is 1.60 bits per heavy atom. The number of rotatable bonds is 6. The van der Waals surface area contributed by atoms with Crippen molar-refractivity contribution in [3.05, 3.63) is 38.3 Å². The van der Waals surface area contributed by atoms with Crippen molar-refractivity contribution in [3.8, 4) is 0 Å². The minimum absolute atomic E-state index is 0.0712. The van der Waals surface area contributed by atoms with Gasteiger partial charge in [0.2, 0.25) is 0 Å². The molecule has 0 aliphatic heterocycles. The molecule has 0 aliphatic carbocycles. The molecule has 0 aromatic heterocycles. The van der Waals surface area contributed by atoms with Crippen LogP contribution >= 0.6 is 27.7 Å². The molecule has 0 fully saturated rings. The molecule has 0 bridgehead atoms. The van der Waals surface area contributed by atoms with Gasteiger partial charge in [-0.1, -0.05) is 0 Å². The molecule has 1 rings (SSSR count). The highest BCUT2D eigenvalue weighted by Gasteiger charge is 2.22. The monoisotopic (exact) mass is 362 g/mol. The van der Waals surface area contributed by atoms with E-state index in [0.29, 0.717) is 10.2 Å². The van der Waals surface area contributed by atoms with Crippen LogP contribution in [0.2, 0.25) is 0 Å². The van der Waals surface area contributed by atoms with E-state index in [9.17, 15) is 20.0 Å². The topological polar surface area (TPSA) is 92.5 Å². The van der Waals surface area contributed by atoms with Crippen LogP contribution in [-0.2, 0) is 0 Å². The van der Waals surface area contributed by atoms with E-state index < -0.39 is 16.4 Å². The number of thioether (sulfide) groups is 1. The van der Waals surface area contributed by atoms with Gasteiger partial charge in [-0.15, -0.1) is 0 Å². The fourth-order valence-electron chi connectivity index (χ4n) is 1.53. The molecule has 0 radical (unpaired) electrons. The molecule has 20 heavy (non-hydrogen) atoms. The first kappa shape index (κ1) is 16.9. The van der Waals surface area contributed by atoms with Crippen LogP contribution in [0.1, 0.15) is 17.3 Å². The number of benzene rings is 1. The van der Waals surface area contributed by atoms with Crippen LogP contribution in [0, 0.1) is 10.1 Å². The average Bonchev–Trinajstić information content (AvgIpc) is 2.36. The quantitative estimate of drug-likeness (QED) is 0.597. The molecule has 110 valence electrons. The summed E-state index contributed by atoms with van der Waals surface area (Å²) in [7, 11) is 0. The van der Waals surface area contributed by atoms with Crippen LogP contribution in [-0.4, -0.2) is 40.1 Å². The number of hydrogen-bond donors (Lipinski definition) is 2. The van der Waals surface area contributed by atoms with Gasteiger partial charge in [0, 0.05) is 28.9 Å². The molecular weight excluding hydrogens is 348 g/mol. The summed E-state index contributed by atoms with van der Waals surface area (Å²) < 4.78 is 0.463. The van der Waals surface area contributed by atoms with Crippen molar-refractivity contribution < 1.29 is 14.8 Å². The lowest BCUT2D eigenvalue weighted by atomic mass is 10.1. The summed E-state index contributed by atoms with van der Waals surface area (Å²) in [5, 5.41) is 23.2. The molecule has 0 spiro atoms. The van der Waals surface area contributed by atoms with Crippen molar-refractivity contribution in [1.29, 1.82) is 0 Å². The number of carbonyl (C=O) groups excluding carboxylic acids is 1. The van der Waals surface area contributed by atoms with Crippen LogP contribution < -0.4 is 5.32 Å². The number of hydrogen-bond acceptors (Lipinski definition) is 5. The number of non-ortho nitro benzene ring substituents is 1. The summed E-state index contributed by atoms with van der Waals surface area (Å²) in [5.41, 5.74) is -1.02. The summed E-state index contributed by atoms with van der Waals surface area (Å²) in [6.45, 7) is 1.69. The third-order valence-corrected chi connectivity index (χ3v) is 4.09. The molecule has 1 atom stereocenters. The number of halogens is 1. The zero-order chi connectivity index (χ0) is 15.3. The fourth-order valence-corrected chi connectivity index (χ4v) is 2.68. The summed E-state index contributed by atoms with van der Waals surface area (Å²) in [5.74, 6) is 0.00517. The SMILES string of the molecule is CSCC(C)(O)CNC(=O)c1cc([N+](=O)[O-])ccc1Br. The first-order chi connectivity index (χ1) is 9.26. The highest BCUT2D eigenvalue weighted by Crippen LogP contribution is 2.22. The van der Waals surface area contributed by atoms with Crippen LogP contribution in [0.15, 0.2) is 22.7 Å². The Morgan fingerprint density at radius 3 is 2.80 bits per heavy atom. The van der Waals surface area contributed by atoms with E-state index in [4.69, 9.17) is 0 Å². The smallest absolute Gasteiger partial charge is 0.270 e. The number of aliphatic hydroxyl groups is 1. The maximum absolute atomic E-state index is 12.0. The van der Waals surface area contributed by atoms with Crippen LogP contribution in [0.25, 0.3) is 0 Å². The van der Waals surface area contributed by atoms with Crippen LogP contribution in [0.3, 0.4) is 0 Å². The van der Waals surface area contributed by atoms with Gasteiger partial charge < -0.3 is 10.4 Å². The number of nitrogens with zero attached hydrogens (tertiary/aromatic N) is 1. The van der Waals surface area contributed by atoms with Crippen LogP contribution in [0.5, 0.6) is 0 Å². The van der Waals surface area contributed by atoms with Crippen molar-refractivity contribution in [1.82, 2.24) is 5.32 Å².